The molecule has 1 aliphatic rings. The third-order valence-corrected chi connectivity index (χ3v) is 3.95. The van der Waals surface area contributed by atoms with E-state index in [2.05, 4.69) is 0 Å². The van der Waals surface area contributed by atoms with E-state index >= 15 is 0 Å². The van der Waals surface area contributed by atoms with E-state index in [4.69, 9.17) is 0 Å². The van der Waals surface area contributed by atoms with Gasteiger partial charge in [0.2, 0.25) is 5.91 Å². The smallest absolute Gasteiger partial charge is 0.329 e. The van der Waals surface area contributed by atoms with Gasteiger partial charge in [0.15, 0.2) is 0 Å². The van der Waals surface area contributed by atoms with Crippen molar-refractivity contribution < 1.29 is 14.7 Å². The standard InChI is InChI=1S/C13H23NO3/c1-4-10(5-2)11(15)14-9-7-6-8-13(14,3)12(16)17/h10H,4-9H2,1-3H3,(H,16,17). The lowest BCUT2D eigenvalue weighted by Gasteiger charge is -2.43. The van der Waals surface area contributed by atoms with Crippen LogP contribution in [0.2, 0.25) is 0 Å². The van der Waals surface area contributed by atoms with E-state index in [0.717, 1.165) is 25.7 Å². The molecule has 0 saturated carbocycles. The minimum atomic E-state index is -1.00. The van der Waals surface area contributed by atoms with Crippen molar-refractivity contribution in [1.82, 2.24) is 4.90 Å². The quantitative estimate of drug-likeness (QED) is 0.821. The molecule has 1 heterocycles. The van der Waals surface area contributed by atoms with Crippen molar-refractivity contribution in [2.24, 2.45) is 5.92 Å². The fourth-order valence-electron chi connectivity index (χ4n) is 2.55. The molecule has 1 N–H and O–H groups in total. The highest BCUT2D eigenvalue weighted by Gasteiger charge is 2.44. The molecule has 1 atom stereocenters. The Hall–Kier alpha value is -1.06. The Kier molecular flexibility index (Phi) is 4.54. The van der Waals surface area contributed by atoms with Gasteiger partial charge in [-0.05, 0) is 39.0 Å². The number of aliphatic carboxylic acids is 1. The molecular formula is C13H23NO3. The molecule has 1 amide bonds. The number of carboxylic acids is 1. The van der Waals surface area contributed by atoms with Crippen LogP contribution in [0.4, 0.5) is 0 Å². The first-order valence-electron chi connectivity index (χ1n) is 6.52. The molecule has 98 valence electrons. The second-order valence-electron chi connectivity index (χ2n) is 5.04. The van der Waals surface area contributed by atoms with Crippen molar-refractivity contribution in [3.05, 3.63) is 0 Å². The maximum atomic E-state index is 12.3. The van der Waals surface area contributed by atoms with E-state index in [1.54, 1.807) is 11.8 Å². The maximum absolute atomic E-state index is 12.3. The highest BCUT2D eigenvalue weighted by Crippen LogP contribution is 2.30. The van der Waals surface area contributed by atoms with Gasteiger partial charge in [-0.2, -0.15) is 0 Å². The third kappa shape index (κ3) is 2.61. The number of hydrogen-bond donors (Lipinski definition) is 1. The molecule has 0 aromatic carbocycles. The van der Waals surface area contributed by atoms with Crippen LogP contribution in [0.1, 0.15) is 52.9 Å². The predicted molar refractivity (Wildman–Crippen MR) is 65.7 cm³/mol. The zero-order chi connectivity index (χ0) is 13.1. The van der Waals surface area contributed by atoms with Gasteiger partial charge >= 0.3 is 5.97 Å². The second-order valence-corrected chi connectivity index (χ2v) is 5.04. The minimum absolute atomic E-state index is 0.0135. The van der Waals surface area contributed by atoms with Crippen molar-refractivity contribution in [2.75, 3.05) is 6.54 Å². The van der Waals surface area contributed by atoms with E-state index in [0.29, 0.717) is 13.0 Å². The van der Waals surface area contributed by atoms with Crippen molar-refractivity contribution >= 4 is 11.9 Å². The van der Waals surface area contributed by atoms with Crippen LogP contribution in [-0.2, 0) is 9.59 Å². The highest BCUT2D eigenvalue weighted by atomic mass is 16.4. The Morgan fingerprint density at radius 3 is 2.35 bits per heavy atom. The number of carbonyl (C=O) groups is 2. The van der Waals surface area contributed by atoms with Gasteiger partial charge in [0.05, 0.1) is 0 Å². The van der Waals surface area contributed by atoms with Crippen LogP contribution in [-0.4, -0.2) is 34.0 Å². The van der Waals surface area contributed by atoms with E-state index in [1.807, 2.05) is 13.8 Å². The van der Waals surface area contributed by atoms with Crippen LogP contribution in [0.15, 0.2) is 0 Å². The third-order valence-electron chi connectivity index (χ3n) is 3.95. The van der Waals surface area contributed by atoms with Crippen molar-refractivity contribution in [3.8, 4) is 0 Å². The average Bonchev–Trinajstić information content (AvgIpc) is 2.30. The van der Waals surface area contributed by atoms with Crippen LogP contribution in [0.25, 0.3) is 0 Å². The van der Waals surface area contributed by atoms with E-state index < -0.39 is 11.5 Å². The zero-order valence-electron chi connectivity index (χ0n) is 11.0. The fraction of sp³-hybridized carbons (Fsp3) is 0.846. The molecule has 0 aromatic rings. The first kappa shape index (κ1) is 14.0. The number of hydrogen-bond acceptors (Lipinski definition) is 2. The summed E-state index contributed by atoms with van der Waals surface area (Å²) in [5, 5.41) is 9.35. The maximum Gasteiger partial charge on any atom is 0.329 e. The van der Waals surface area contributed by atoms with Gasteiger partial charge in [-0.25, -0.2) is 4.79 Å². The number of carboxylic acid groups (broad SMARTS) is 1. The van der Waals surface area contributed by atoms with Crippen LogP contribution in [0, 0.1) is 5.92 Å². The van der Waals surface area contributed by atoms with Crippen LogP contribution in [0.5, 0.6) is 0 Å². The molecule has 1 saturated heterocycles. The first-order chi connectivity index (χ1) is 7.97. The Morgan fingerprint density at radius 2 is 1.88 bits per heavy atom. The molecule has 4 heteroatoms. The minimum Gasteiger partial charge on any atom is -0.480 e. The van der Waals surface area contributed by atoms with E-state index in [1.165, 1.54) is 0 Å². The molecule has 0 aromatic heterocycles. The molecular weight excluding hydrogens is 218 g/mol. The molecule has 0 aliphatic carbocycles. The predicted octanol–water partition coefficient (Wildman–Crippen LogP) is 2.28. The highest BCUT2D eigenvalue weighted by molar-refractivity contribution is 5.88. The second kappa shape index (κ2) is 5.52. The first-order valence-corrected chi connectivity index (χ1v) is 6.52. The topological polar surface area (TPSA) is 57.6 Å². The number of nitrogens with zero attached hydrogens (tertiary/aromatic N) is 1. The molecule has 0 radical (unpaired) electrons. The monoisotopic (exact) mass is 241 g/mol. The molecule has 0 bridgehead atoms. The Bertz CT molecular complexity index is 299. The van der Waals surface area contributed by atoms with E-state index in [9.17, 15) is 14.7 Å². The average molecular weight is 241 g/mol. The molecule has 1 unspecified atom stereocenters. The van der Waals surface area contributed by atoms with Gasteiger partial charge in [-0.3, -0.25) is 4.79 Å². The molecule has 4 nitrogen and oxygen atoms in total. The van der Waals surface area contributed by atoms with Crippen LogP contribution in [0.3, 0.4) is 0 Å². The lowest BCUT2D eigenvalue weighted by Crippen LogP contribution is -2.58. The number of rotatable bonds is 4. The molecule has 1 fully saturated rings. The van der Waals surface area contributed by atoms with Gasteiger partial charge < -0.3 is 10.0 Å². The summed E-state index contributed by atoms with van der Waals surface area (Å²) in [5.74, 6) is -0.900. The molecule has 1 rings (SSSR count). The van der Waals surface area contributed by atoms with Crippen LogP contribution >= 0.6 is 0 Å². The zero-order valence-corrected chi connectivity index (χ0v) is 11.0. The summed E-state index contributed by atoms with van der Waals surface area (Å²) in [4.78, 5) is 25.3. The summed E-state index contributed by atoms with van der Waals surface area (Å²) in [6.45, 7) is 6.22. The Labute approximate surface area is 103 Å². The molecule has 0 spiro atoms. The van der Waals surface area contributed by atoms with Gasteiger partial charge in [0.25, 0.3) is 0 Å². The SMILES string of the molecule is CCC(CC)C(=O)N1CCCCC1(C)C(=O)O. The van der Waals surface area contributed by atoms with Crippen molar-refractivity contribution in [1.29, 1.82) is 0 Å². The summed E-state index contributed by atoms with van der Waals surface area (Å²) in [7, 11) is 0. The summed E-state index contributed by atoms with van der Waals surface area (Å²) in [6, 6.07) is 0. The lowest BCUT2D eigenvalue weighted by molar-refractivity contribution is -0.163. The van der Waals surface area contributed by atoms with Crippen molar-refractivity contribution in [2.45, 2.75) is 58.4 Å². The normalized spacial score (nSPS) is 25.1. The summed E-state index contributed by atoms with van der Waals surface area (Å²) < 4.78 is 0. The lowest BCUT2D eigenvalue weighted by atomic mass is 9.86. The van der Waals surface area contributed by atoms with Gasteiger partial charge in [0, 0.05) is 12.5 Å². The van der Waals surface area contributed by atoms with Gasteiger partial charge in [-0.15, -0.1) is 0 Å². The number of carbonyl (C=O) groups excluding carboxylic acids is 1. The van der Waals surface area contributed by atoms with Crippen molar-refractivity contribution in [3.63, 3.8) is 0 Å². The van der Waals surface area contributed by atoms with Gasteiger partial charge in [0.1, 0.15) is 5.54 Å². The number of likely N-dealkylation sites (tertiary alicyclic amines) is 1. The Balaban J connectivity index is 2.92. The number of piperidine rings is 1. The summed E-state index contributed by atoms with van der Waals surface area (Å²) >= 11 is 0. The van der Waals surface area contributed by atoms with Gasteiger partial charge in [-0.1, -0.05) is 13.8 Å². The summed E-state index contributed by atoms with van der Waals surface area (Å²) in [5.41, 5.74) is -1.00. The summed E-state index contributed by atoms with van der Waals surface area (Å²) in [6.07, 6.45) is 3.92. The fourth-order valence-corrected chi connectivity index (χ4v) is 2.55. The van der Waals surface area contributed by atoms with E-state index in [-0.39, 0.29) is 11.8 Å². The Morgan fingerprint density at radius 1 is 1.29 bits per heavy atom. The molecule has 1 aliphatic heterocycles. The largest absolute Gasteiger partial charge is 0.480 e. The number of amides is 1. The molecule has 17 heavy (non-hydrogen) atoms. The van der Waals surface area contributed by atoms with Crippen LogP contribution < -0.4 is 0 Å².